The van der Waals surface area contributed by atoms with Gasteiger partial charge in [-0.15, -0.1) is 11.3 Å². The van der Waals surface area contributed by atoms with Crippen LogP contribution in [0.25, 0.3) is 0 Å². The molecule has 4 atom stereocenters. The molecule has 0 spiro atoms. The Bertz CT molecular complexity index is 3120. The first-order chi connectivity index (χ1) is 55.2. The molecule has 2 aromatic heterocycles. The summed E-state index contributed by atoms with van der Waals surface area (Å²) in [6.45, 7) is 61.7. The van der Waals surface area contributed by atoms with Gasteiger partial charge in [0.1, 0.15) is 29.0 Å². The average Bonchev–Trinajstić information content (AvgIpc) is 1.27. The number of likely N-dealkylation sites (N-methyl/N-ethyl adjacent to an activating group) is 2. The topological polar surface area (TPSA) is 268 Å². The Kier molecular flexibility index (Phi) is 41.7. The summed E-state index contributed by atoms with van der Waals surface area (Å²) in [6, 6.07) is 5.04. The van der Waals surface area contributed by atoms with E-state index in [1.54, 1.807) is 5.38 Å². The second-order valence-corrected chi connectivity index (χ2v) is 36.8. The lowest BCUT2D eigenvalue weighted by atomic mass is 9.99. The van der Waals surface area contributed by atoms with Crippen molar-refractivity contribution in [2.45, 2.75) is 240 Å². The third-order valence-electron chi connectivity index (χ3n) is 25.5. The molecule has 0 bridgehead atoms. The van der Waals surface area contributed by atoms with Crippen LogP contribution < -0.4 is 9.80 Å². The quantitative estimate of drug-likeness (QED) is 0.0899. The van der Waals surface area contributed by atoms with E-state index < -0.39 is 17.9 Å². The van der Waals surface area contributed by atoms with Crippen molar-refractivity contribution in [2.24, 2.45) is 0 Å². The number of piperazine rings is 6. The van der Waals surface area contributed by atoms with Gasteiger partial charge in [-0.3, -0.25) is 68.2 Å². The number of anilines is 2. The normalized spacial score (nSPS) is 24.7. The van der Waals surface area contributed by atoms with Crippen LogP contribution in [0.1, 0.15) is 175 Å². The van der Waals surface area contributed by atoms with Crippen molar-refractivity contribution >= 4 is 68.8 Å². The Labute approximate surface area is 704 Å². The molecule has 30 nitrogen and oxygen atoms in total. The summed E-state index contributed by atoms with van der Waals surface area (Å²) in [7, 11) is 8.31. The van der Waals surface area contributed by atoms with E-state index in [4.69, 9.17) is 24.4 Å². The minimum absolute atomic E-state index is 0.0400. The molecule has 4 unspecified atom stereocenters. The first-order valence-corrected chi connectivity index (χ1v) is 45.7. The van der Waals surface area contributed by atoms with E-state index in [1.807, 2.05) is 39.8 Å². The third kappa shape index (κ3) is 30.0. The van der Waals surface area contributed by atoms with E-state index in [9.17, 15) is 33.9 Å². The third-order valence-corrected chi connectivity index (χ3v) is 27.5. The van der Waals surface area contributed by atoms with Gasteiger partial charge in [0.05, 0.1) is 26.0 Å². The number of aliphatic carboxylic acids is 1. The molecule has 664 valence electrons. The Morgan fingerprint density at radius 2 is 0.767 bits per heavy atom. The lowest BCUT2D eigenvalue weighted by Crippen LogP contribution is -2.62. The number of carbonyl (C=O) groups is 6. The van der Waals surface area contributed by atoms with Gasteiger partial charge in [-0.05, 0) is 236 Å². The van der Waals surface area contributed by atoms with Crippen LogP contribution in [0.4, 0.5) is 10.3 Å². The molecule has 0 aliphatic carbocycles. The van der Waals surface area contributed by atoms with Crippen molar-refractivity contribution in [1.29, 1.82) is 0 Å². The molecule has 10 saturated heterocycles. The maximum Gasteiger partial charge on any atom is 0.355 e. The van der Waals surface area contributed by atoms with E-state index in [2.05, 4.69) is 181 Å². The zero-order chi connectivity index (χ0) is 85.0. The lowest BCUT2D eigenvalue weighted by Gasteiger charge is -2.47. The number of nitrogens with zero attached hydrogens (tertiary/aromatic N) is 18. The molecular weight excluding hydrogens is 1520 g/mol. The summed E-state index contributed by atoms with van der Waals surface area (Å²) in [5.41, 5.74) is 0.149. The Hall–Kier alpha value is -4.88. The van der Waals surface area contributed by atoms with Gasteiger partial charge in [0, 0.05) is 197 Å². The molecule has 32 heteroatoms. The van der Waals surface area contributed by atoms with E-state index in [-0.39, 0.29) is 47.8 Å². The number of ether oxygens (including phenoxy) is 3. The first kappa shape index (κ1) is 98.2. The van der Waals surface area contributed by atoms with Gasteiger partial charge >= 0.3 is 35.8 Å². The number of carbonyl (C=O) groups excluding carboxylic acids is 3. The number of carboxylic acid groups (broad SMARTS) is 3. The highest BCUT2D eigenvalue weighted by atomic mass is 32.1. The number of thiazole rings is 2. The monoisotopic (exact) mass is 1670 g/mol. The number of piperidine rings is 4. The summed E-state index contributed by atoms with van der Waals surface area (Å²) < 4.78 is 15.9. The highest BCUT2D eigenvalue weighted by Crippen LogP contribution is 2.30. The fraction of sp³-hybridized carbons (Fsp3) is 0.857. The number of rotatable bonds is 21. The van der Waals surface area contributed by atoms with Crippen LogP contribution in [0.5, 0.6) is 0 Å². The van der Waals surface area contributed by atoms with Crippen LogP contribution >= 0.6 is 22.7 Å². The second kappa shape index (κ2) is 49.3. The van der Waals surface area contributed by atoms with E-state index in [0.717, 1.165) is 174 Å². The SMILES string of the molecule is CC(C)N1CCC(N2CCN(C)C(C(=O)O)C2)CC1.CC(C)N1CCN(c2nc(C(=O)O)cs2)CC1.CC(C)N1CCN(c2ncc(C(=O)O)s2)CC1.CCOC(=O)C1CN(C(C)C)CCN1C1CCN(C)CC1.CCOC(=O)C1CN(C2CCN(C(C)C)CC2)CCN1C.CCOC(=O)C1CN(C2CCN(C)CC2)CCN1C(C)C. The molecule has 10 fully saturated rings. The van der Waals surface area contributed by atoms with Gasteiger partial charge in [0.2, 0.25) is 0 Å². The molecular formula is C84H154N18O12S2. The van der Waals surface area contributed by atoms with Crippen LogP contribution in [-0.4, -0.2) is 446 Å². The van der Waals surface area contributed by atoms with Crippen LogP contribution in [0.3, 0.4) is 0 Å². The number of esters is 3. The molecule has 0 radical (unpaired) electrons. The van der Waals surface area contributed by atoms with Gasteiger partial charge in [0.15, 0.2) is 16.0 Å². The minimum atomic E-state index is -0.951. The molecule has 3 N–H and O–H groups in total. The van der Waals surface area contributed by atoms with Crippen molar-refractivity contribution < 1.29 is 58.3 Å². The van der Waals surface area contributed by atoms with Crippen LogP contribution in [0, 0.1) is 0 Å². The van der Waals surface area contributed by atoms with E-state index in [0.29, 0.717) is 91.7 Å². The van der Waals surface area contributed by atoms with Crippen molar-refractivity contribution in [1.82, 2.24) is 78.6 Å². The number of likely N-dealkylation sites (tertiary alicyclic amines) is 4. The maximum absolute atomic E-state index is 12.4. The predicted octanol–water partition coefficient (Wildman–Crippen LogP) is 6.42. The van der Waals surface area contributed by atoms with Crippen molar-refractivity contribution in [3.05, 3.63) is 22.1 Å². The molecule has 0 saturated carbocycles. The van der Waals surface area contributed by atoms with Gasteiger partial charge in [-0.2, -0.15) is 0 Å². The van der Waals surface area contributed by atoms with E-state index >= 15 is 0 Å². The van der Waals surface area contributed by atoms with Gasteiger partial charge in [-0.1, -0.05) is 11.3 Å². The molecule has 12 rings (SSSR count). The number of aromatic nitrogens is 2. The average molecular weight is 1670 g/mol. The summed E-state index contributed by atoms with van der Waals surface area (Å²) in [6.07, 6.45) is 11.0. The summed E-state index contributed by atoms with van der Waals surface area (Å²) in [5.74, 6) is -2.69. The molecule has 10 aliphatic heterocycles. The minimum Gasteiger partial charge on any atom is -0.480 e. The summed E-state index contributed by atoms with van der Waals surface area (Å²) in [5, 5.41) is 30.2. The first-order valence-electron chi connectivity index (χ1n) is 44.0. The van der Waals surface area contributed by atoms with Crippen molar-refractivity contribution in [3.8, 4) is 0 Å². The largest absolute Gasteiger partial charge is 0.480 e. The number of aromatic carboxylic acids is 2. The van der Waals surface area contributed by atoms with Crippen LogP contribution in [-0.2, 0) is 33.4 Å². The molecule has 0 aromatic carbocycles. The van der Waals surface area contributed by atoms with Crippen molar-refractivity contribution in [3.63, 3.8) is 0 Å². The predicted molar refractivity (Wildman–Crippen MR) is 464 cm³/mol. The second-order valence-electron chi connectivity index (χ2n) is 34.9. The fourth-order valence-corrected chi connectivity index (χ4v) is 19.4. The Balaban J connectivity index is 0.000000193. The molecule has 2 aromatic rings. The highest BCUT2D eigenvalue weighted by molar-refractivity contribution is 7.17. The molecule has 12 heterocycles. The molecule has 0 amide bonds. The van der Waals surface area contributed by atoms with Gasteiger partial charge in [-0.25, -0.2) is 19.6 Å². The van der Waals surface area contributed by atoms with Crippen LogP contribution in [0.15, 0.2) is 11.6 Å². The molecule has 116 heavy (non-hydrogen) atoms. The zero-order valence-corrected chi connectivity index (χ0v) is 76.3. The summed E-state index contributed by atoms with van der Waals surface area (Å²) >= 11 is 2.66. The standard InChI is InChI=1S/3C16H31N3O2.C14H27N3O2.2C11H17N3O2S/c1-5-21-16(20)15-12-19(11-10-17(15)4)14-6-8-18(9-7-14)13(2)3;1-5-21-16(20)15-12-18(10-11-19(15)13(2)3)14-6-8-17(4)9-7-14;1-5-21-16(20)15-12-18(13(2)3)10-11-19(15)14-6-8-17(4)9-7-14;1-11(2)16-6-4-12(5-7-16)17-9-8-15(3)13(10-17)14(18)19;1-8(2)13-3-5-14(6-4-13)11-12-9(7-17-11)10(15)16;1-8(2)13-3-5-14(6-4-13)11-12-7-9(17-11)10(15)16/h3*13-15H,5-12H2,1-4H3;11-13H,4-10H2,1-3H3,(H,18,19);2*7-8H,3-6H2,1-2H3,(H,15,16). The smallest absolute Gasteiger partial charge is 0.355 e. The Morgan fingerprint density at radius 1 is 0.397 bits per heavy atom. The number of hydrogen-bond acceptors (Lipinski definition) is 29. The van der Waals surface area contributed by atoms with Gasteiger partial charge in [0.25, 0.3) is 0 Å². The lowest BCUT2D eigenvalue weighted by molar-refractivity contribution is -0.155. The zero-order valence-electron chi connectivity index (χ0n) is 74.7. The van der Waals surface area contributed by atoms with E-state index in [1.165, 1.54) is 93.6 Å². The maximum atomic E-state index is 12.4. The molecule has 10 aliphatic rings. The Morgan fingerprint density at radius 3 is 1.16 bits per heavy atom. The highest BCUT2D eigenvalue weighted by Gasteiger charge is 2.42. The van der Waals surface area contributed by atoms with Gasteiger partial charge < -0.3 is 58.9 Å². The fourth-order valence-electron chi connectivity index (χ4n) is 17.7. The number of hydrogen-bond donors (Lipinski definition) is 3. The summed E-state index contributed by atoms with van der Waals surface area (Å²) in [4.78, 5) is 116. The van der Waals surface area contributed by atoms with Crippen molar-refractivity contribution in [2.75, 3.05) is 241 Å². The van der Waals surface area contributed by atoms with Crippen LogP contribution in [0.2, 0.25) is 0 Å². The number of carboxylic acids is 3.